The van der Waals surface area contributed by atoms with Crippen molar-refractivity contribution in [1.29, 1.82) is 0 Å². The molecule has 4 aliphatic rings. The van der Waals surface area contributed by atoms with Gasteiger partial charge in [-0.1, -0.05) is 75.7 Å². The van der Waals surface area contributed by atoms with E-state index in [1.54, 1.807) is 24.4 Å². The number of aliphatic carboxylic acids is 1. The fourth-order valence-corrected chi connectivity index (χ4v) is 10.4. The van der Waals surface area contributed by atoms with Crippen molar-refractivity contribution >= 4 is 74.1 Å². The second-order valence-corrected chi connectivity index (χ2v) is 19.3. The van der Waals surface area contributed by atoms with Gasteiger partial charge in [0.25, 0.3) is 0 Å². The Labute approximate surface area is 389 Å². The number of aromatic nitrogens is 3. The van der Waals surface area contributed by atoms with Gasteiger partial charge in [0.15, 0.2) is 0 Å². The van der Waals surface area contributed by atoms with Crippen molar-refractivity contribution in [3.8, 4) is 0 Å². The van der Waals surface area contributed by atoms with Gasteiger partial charge in [-0.15, -0.1) is 0 Å². The van der Waals surface area contributed by atoms with E-state index in [1.807, 2.05) is 36.7 Å². The third kappa shape index (κ3) is 12.5. The lowest BCUT2D eigenvalue weighted by molar-refractivity contribution is -0.146. The quantitative estimate of drug-likeness (QED) is 0.0950. The Morgan fingerprint density at radius 1 is 0.631 bits per heavy atom. The number of nitrogens with one attached hydrogen (secondary N) is 2. The summed E-state index contributed by atoms with van der Waals surface area (Å²) in [6.45, 7) is 5.59. The van der Waals surface area contributed by atoms with Crippen molar-refractivity contribution < 1.29 is 19.5 Å². The molecule has 0 spiro atoms. The molecule has 2 saturated carbocycles. The second-order valence-electron chi connectivity index (χ2n) is 18.9. The number of piperidine rings is 2. The summed E-state index contributed by atoms with van der Waals surface area (Å²) in [4.78, 5) is 48.5. The number of nitrogens with zero attached hydrogens (tertiary/aromatic N) is 4. The Kier molecular flexibility index (Phi) is 16.2. The Morgan fingerprint density at radius 3 is 1.58 bits per heavy atom. The number of carbonyl (C=O) groups excluding carboxylic acids is 2. The minimum absolute atomic E-state index is 0. The van der Waals surface area contributed by atoms with Crippen LogP contribution in [0.3, 0.4) is 0 Å². The minimum Gasteiger partial charge on any atom is -0.481 e. The van der Waals surface area contributed by atoms with E-state index < -0.39 is 5.97 Å². The van der Waals surface area contributed by atoms with E-state index in [0.717, 1.165) is 89.8 Å². The first-order chi connectivity index (χ1) is 31.1. The van der Waals surface area contributed by atoms with Gasteiger partial charge in [-0.25, -0.2) is 15.0 Å². The van der Waals surface area contributed by atoms with Gasteiger partial charge in [0.2, 0.25) is 0 Å². The van der Waals surface area contributed by atoms with Gasteiger partial charge in [0.05, 0.1) is 5.92 Å². The molecule has 2 saturated heterocycles. The first-order valence-electron chi connectivity index (χ1n) is 23.3. The van der Waals surface area contributed by atoms with Crippen LogP contribution in [0.4, 0.5) is 11.6 Å². The van der Waals surface area contributed by atoms with Crippen molar-refractivity contribution in [3.63, 3.8) is 0 Å². The number of carboxylic acids is 1. The maximum absolute atomic E-state index is 11.5. The normalized spacial score (nSPS) is 24.0. The number of carboxylic acid groups (broad SMARTS) is 1. The van der Waals surface area contributed by atoms with Gasteiger partial charge in [-0.2, -0.15) is 0 Å². The average Bonchev–Trinajstić information content (AvgIpc) is 3.30. The van der Waals surface area contributed by atoms with E-state index in [0.29, 0.717) is 40.4 Å². The van der Waals surface area contributed by atoms with Crippen LogP contribution in [0.5, 0.6) is 0 Å². The standard InChI is InChI=1S/C26H35N3O2.C17H20N2O.C10H6ClNO.CH4/c1-17-5-9-22(10-6-17)28-25-14-19-8-7-18(11-21(19)15-27-25)16-29-23-3-2-4-24(29)13-20(12-23)26(30)31;1-12-2-6-16(7-3-12)19-17-9-14-5-4-13(11-20)8-15(14)10-18-17;11-10-4-8-2-1-7(6-13)3-9(8)5-12-10;/h7-8,11,14-15,17,20,22-24H,2-6,9-10,12-13,16H2,1H3,(H,27,28)(H,30,31);4-5,8-12,16H,2-3,6-7H2,1H3,(H,18,19);1-6H;1H4. The van der Waals surface area contributed by atoms with Crippen LogP contribution >= 0.6 is 11.6 Å². The number of anilines is 2. The Balaban J connectivity index is 0.000000159. The molecule has 3 aromatic heterocycles. The number of fused-ring (bicyclic) bond motifs is 5. The zero-order valence-electron chi connectivity index (χ0n) is 37.1. The van der Waals surface area contributed by atoms with Gasteiger partial charge in [-0.05, 0) is 147 Å². The van der Waals surface area contributed by atoms with Crippen molar-refractivity contribution in [2.45, 2.75) is 135 Å². The van der Waals surface area contributed by atoms with Crippen LogP contribution in [0.25, 0.3) is 32.3 Å². The van der Waals surface area contributed by atoms with Gasteiger partial charge >= 0.3 is 5.97 Å². The smallest absolute Gasteiger partial charge is 0.306 e. The lowest BCUT2D eigenvalue weighted by atomic mass is 9.78. The number of rotatable bonds is 9. The van der Waals surface area contributed by atoms with Gasteiger partial charge in [0.1, 0.15) is 29.4 Å². The summed E-state index contributed by atoms with van der Waals surface area (Å²) in [5.41, 5.74) is 2.65. The van der Waals surface area contributed by atoms with Gasteiger partial charge < -0.3 is 15.7 Å². The monoisotopic (exact) mass is 896 g/mol. The largest absolute Gasteiger partial charge is 0.481 e. The number of hydrogen-bond acceptors (Lipinski definition) is 9. The molecule has 10 nitrogen and oxygen atoms in total. The number of carbonyl (C=O) groups is 3. The molecule has 2 aliphatic heterocycles. The maximum Gasteiger partial charge on any atom is 0.306 e. The first-order valence-corrected chi connectivity index (χ1v) is 23.7. The molecule has 10 rings (SSSR count). The highest BCUT2D eigenvalue weighted by atomic mass is 35.5. The maximum atomic E-state index is 11.5. The van der Waals surface area contributed by atoms with Crippen molar-refractivity contribution in [3.05, 3.63) is 113 Å². The van der Waals surface area contributed by atoms with Crippen LogP contribution in [0.15, 0.2) is 91.4 Å². The third-order valence-electron chi connectivity index (χ3n) is 14.1. The number of aldehydes is 2. The zero-order chi connectivity index (χ0) is 44.6. The lowest BCUT2D eigenvalue weighted by Gasteiger charge is -2.48. The second kappa shape index (κ2) is 22.2. The summed E-state index contributed by atoms with van der Waals surface area (Å²) in [5, 5.41) is 23.6. The molecular formula is C54H65ClN6O4. The molecule has 6 aromatic rings. The molecular weight excluding hydrogens is 832 g/mol. The van der Waals surface area contributed by atoms with E-state index in [1.165, 1.54) is 74.1 Å². The summed E-state index contributed by atoms with van der Waals surface area (Å²) < 4.78 is 0. The number of benzene rings is 3. The number of hydrogen-bond donors (Lipinski definition) is 3. The van der Waals surface area contributed by atoms with Crippen molar-refractivity contribution in [1.82, 2.24) is 19.9 Å². The van der Waals surface area contributed by atoms with E-state index in [9.17, 15) is 19.5 Å². The van der Waals surface area contributed by atoms with Crippen LogP contribution in [0.2, 0.25) is 5.15 Å². The van der Waals surface area contributed by atoms with Crippen LogP contribution in [-0.4, -0.2) is 67.7 Å². The summed E-state index contributed by atoms with van der Waals surface area (Å²) in [7, 11) is 0. The number of halogens is 1. The molecule has 2 bridgehead atoms. The molecule has 4 fully saturated rings. The number of pyridine rings is 3. The molecule has 5 heterocycles. The highest BCUT2D eigenvalue weighted by Crippen LogP contribution is 2.38. The summed E-state index contributed by atoms with van der Waals surface area (Å²) >= 11 is 5.71. The molecule has 3 N–H and O–H groups in total. The fourth-order valence-electron chi connectivity index (χ4n) is 10.3. The van der Waals surface area contributed by atoms with Crippen LogP contribution in [0.1, 0.15) is 131 Å². The molecule has 65 heavy (non-hydrogen) atoms. The highest BCUT2D eigenvalue weighted by Gasteiger charge is 2.40. The molecule has 0 amide bonds. The van der Waals surface area contributed by atoms with E-state index in [4.69, 9.17) is 16.6 Å². The first kappa shape index (κ1) is 47.5. The average molecular weight is 898 g/mol. The van der Waals surface area contributed by atoms with E-state index in [-0.39, 0.29) is 13.3 Å². The van der Waals surface area contributed by atoms with E-state index >= 15 is 0 Å². The van der Waals surface area contributed by atoms with Crippen molar-refractivity contribution in [2.75, 3.05) is 10.6 Å². The zero-order valence-corrected chi connectivity index (χ0v) is 37.9. The van der Waals surface area contributed by atoms with Gasteiger partial charge in [-0.3, -0.25) is 19.3 Å². The van der Waals surface area contributed by atoms with E-state index in [2.05, 4.69) is 69.7 Å². The highest BCUT2D eigenvalue weighted by molar-refractivity contribution is 6.30. The molecule has 342 valence electrons. The molecule has 2 unspecified atom stereocenters. The molecule has 11 heteroatoms. The topological polar surface area (TPSA) is 137 Å². The predicted octanol–water partition coefficient (Wildman–Crippen LogP) is 12.8. The molecule has 3 aromatic carbocycles. The Hall–Kier alpha value is -5.45. The summed E-state index contributed by atoms with van der Waals surface area (Å²) in [6.07, 6.45) is 22.4. The van der Waals surface area contributed by atoms with Crippen LogP contribution in [-0.2, 0) is 11.3 Å². The SMILES string of the molecule is C.CC1CCC(Nc2cc3ccc(C=O)cc3cn2)CC1.CC1CCC(Nc2cc3ccc(CN4C5CCCC4CC(C(=O)O)C5)cc3cn2)CC1.O=Cc1ccc2cc(Cl)ncc2c1. The lowest BCUT2D eigenvalue weighted by Crippen LogP contribution is -2.52. The predicted molar refractivity (Wildman–Crippen MR) is 265 cm³/mol. The molecule has 2 atom stereocenters. The summed E-state index contributed by atoms with van der Waals surface area (Å²) in [5.74, 6) is 2.88. The Bertz CT molecular complexity index is 2560. The van der Waals surface area contributed by atoms with Crippen LogP contribution < -0.4 is 10.6 Å². The third-order valence-corrected chi connectivity index (χ3v) is 14.3. The molecule has 0 radical (unpaired) electrons. The molecule has 2 aliphatic carbocycles. The minimum atomic E-state index is -0.611. The Morgan fingerprint density at radius 2 is 1.09 bits per heavy atom. The summed E-state index contributed by atoms with van der Waals surface area (Å²) in [6, 6.07) is 25.8. The van der Waals surface area contributed by atoms with Crippen molar-refractivity contribution in [2.24, 2.45) is 17.8 Å². The fraction of sp³-hybridized carbons (Fsp3) is 0.444. The van der Waals surface area contributed by atoms with Gasteiger partial charge in [0, 0.05) is 76.6 Å². The van der Waals surface area contributed by atoms with Crippen LogP contribution in [0, 0.1) is 17.8 Å².